The van der Waals surface area contributed by atoms with Crippen LogP contribution in [0, 0.1) is 21.4 Å². The molecule has 0 radical (unpaired) electrons. The Morgan fingerprint density at radius 1 is 1.75 bits per heavy atom. The molecule has 1 heterocycles. The van der Waals surface area contributed by atoms with Crippen molar-refractivity contribution in [3.63, 3.8) is 0 Å². The quantitative estimate of drug-likeness (QED) is 0.478. The van der Waals surface area contributed by atoms with E-state index in [1.165, 1.54) is 0 Å². The predicted molar refractivity (Wildman–Crippen MR) is 40.0 cm³/mol. The second-order valence-corrected chi connectivity index (χ2v) is 2.00. The SMILES string of the molecule is N#Cc1cnc([N+](=O)[O-])cc1N. The Balaban J connectivity index is 3.21. The maximum atomic E-state index is 10.2. The molecule has 0 aromatic carbocycles. The van der Waals surface area contributed by atoms with Gasteiger partial charge < -0.3 is 15.8 Å². The summed E-state index contributed by atoms with van der Waals surface area (Å²) in [7, 11) is 0. The highest BCUT2D eigenvalue weighted by Gasteiger charge is 2.09. The minimum Gasteiger partial charge on any atom is -0.397 e. The standard InChI is InChI=1S/C6H4N4O2/c7-2-4-3-9-6(10(11)12)1-5(4)8/h1,3H,(H2,8,9). The lowest BCUT2D eigenvalue weighted by atomic mass is 10.2. The van der Waals surface area contributed by atoms with Gasteiger partial charge in [0.05, 0.1) is 11.8 Å². The Morgan fingerprint density at radius 3 is 2.83 bits per heavy atom. The minimum absolute atomic E-state index is 0.0687. The van der Waals surface area contributed by atoms with Crippen molar-refractivity contribution in [2.45, 2.75) is 0 Å². The molecule has 0 spiro atoms. The molecule has 1 aromatic heterocycles. The van der Waals surface area contributed by atoms with E-state index in [1.807, 2.05) is 0 Å². The maximum absolute atomic E-state index is 10.2. The fraction of sp³-hybridized carbons (Fsp3) is 0. The molecule has 0 fully saturated rings. The van der Waals surface area contributed by atoms with E-state index in [1.54, 1.807) is 6.07 Å². The maximum Gasteiger partial charge on any atom is 0.365 e. The second kappa shape index (κ2) is 2.84. The molecule has 0 bridgehead atoms. The van der Waals surface area contributed by atoms with Crippen molar-refractivity contribution in [1.82, 2.24) is 4.98 Å². The zero-order valence-electron chi connectivity index (χ0n) is 5.89. The van der Waals surface area contributed by atoms with Crippen molar-refractivity contribution in [1.29, 1.82) is 5.26 Å². The van der Waals surface area contributed by atoms with Crippen molar-refractivity contribution in [3.05, 3.63) is 27.9 Å². The molecule has 12 heavy (non-hydrogen) atoms. The summed E-state index contributed by atoms with van der Waals surface area (Å²) in [6.45, 7) is 0. The Bertz CT molecular complexity index is 368. The molecular weight excluding hydrogens is 160 g/mol. The Kier molecular flexibility index (Phi) is 1.88. The van der Waals surface area contributed by atoms with Gasteiger partial charge >= 0.3 is 5.82 Å². The zero-order chi connectivity index (χ0) is 9.14. The number of rotatable bonds is 1. The number of nitriles is 1. The van der Waals surface area contributed by atoms with Crippen LogP contribution < -0.4 is 5.73 Å². The van der Waals surface area contributed by atoms with Gasteiger partial charge in [0.1, 0.15) is 11.6 Å². The summed E-state index contributed by atoms with van der Waals surface area (Å²) in [6, 6.07) is 2.81. The minimum atomic E-state index is -0.669. The molecule has 60 valence electrons. The van der Waals surface area contributed by atoms with Crippen molar-refractivity contribution >= 4 is 11.5 Å². The van der Waals surface area contributed by atoms with Gasteiger partial charge in [-0.25, -0.2) is 0 Å². The van der Waals surface area contributed by atoms with Crippen LogP contribution in [0.15, 0.2) is 12.3 Å². The monoisotopic (exact) mass is 164 g/mol. The lowest BCUT2D eigenvalue weighted by Gasteiger charge is -1.94. The molecule has 0 aliphatic rings. The second-order valence-electron chi connectivity index (χ2n) is 2.00. The van der Waals surface area contributed by atoms with Gasteiger partial charge in [-0.15, -0.1) is 0 Å². The third kappa shape index (κ3) is 1.29. The highest BCUT2D eigenvalue weighted by molar-refractivity contribution is 5.55. The summed E-state index contributed by atoms with van der Waals surface area (Å²) in [4.78, 5) is 12.9. The van der Waals surface area contributed by atoms with E-state index < -0.39 is 4.92 Å². The fourth-order valence-corrected chi connectivity index (χ4v) is 0.653. The molecule has 0 saturated heterocycles. The molecule has 0 atom stereocenters. The van der Waals surface area contributed by atoms with Gasteiger partial charge in [-0.2, -0.15) is 5.26 Å². The van der Waals surface area contributed by atoms with Crippen LogP contribution in [0.3, 0.4) is 0 Å². The van der Waals surface area contributed by atoms with Crippen molar-refractivity contribution in [3.8, 4) is 6.07 Å². The smallest absolute Gasteiger partial charge is 0.365 e. The lowest BCUT2D eigenvalue weighted by molar-refractivity contribution is -0.389. The molecule has 1 aromatic rings. The first-order valence-electron chi connectivity index (χ1n) is 2.95. The molecule has 0 unspecified atom stereocenters. The summed E-state index contributed by atoms with van der Waals surface area (Å²) in [5.74, 6) is -0.355. The van der Waals surface area contributed by atoms with Crippen LogP contribution in [0.1, 0.15) is 5.56 Å². The summed E-state index contributed by atoms with van der Waals surface area (Å²) in [5.41, 5.74) is 5.51. The number of anilines is 1. The molecule has 1 rings (SSSR count). The van der Waals surface area contributed by atoms with Gasteiger partial charge in [0.25, 0.3) is 0 Å². The average Bonchev–Trinajstić information content (AvgIpc) is 2.04. The number of nitrogens with zero attached hydrogens (tertiary/aromatic N) is 3. The molecule has 2 N–H and O–H groups in total. The number of hydrogen-bond acceptors (Lipinski definition) is 5. The fourth-order valence-electron chi connectivity index (χ4n) is 0.653. The van der Waals surface area contributed by atoms with Crippen molar-refractivity contribution in [2.75, 3.05) is 5.73 Å². The van der Waals surface area contributed by atoms with Crippen LogP contribution in [0.4, 0.5) is 11.5 Å². The van der Waals surface area contributed by atoms with E-state index in [-0.39, 0.29) is 17.1 Å². The van der Waals surface area contributed by atoms with Gasteiger partial charge in [0, 0.05) is 0 Å². The Labute approximate surface area is 67.4 Å². The Morgan fingerprint density at radius 2 is 2.42 bits per heavy atom. The van der Waals surface area contributed by atoms with Crippen LogP contribution in [0.2, 0.25) is 0 Å². The number of nitro groups is 1. The third-order valence-corrected chi connectivity index (χ3v) is 1.23. The normalized spacial score (nSPS) is 8.92. The Hall–Kier alpha value is -2.16. The average molecular weight is 164 g/mol. The summed E-state index contributed by atoms with van der Waals surface area (Å²) >= 11 is 0. The van der Waals surface area contributed by atoms with Gasteiger partial charge in [-0.3, -0.25) is 0 Å². The van der Waals surface area contributed by atoms with Crippen molar-refractivity contribution in [2.24, 2.45) is 0 Å². The van der Waals surface area contributed by atoms with Gasteiger partial charge in [-0.05, 0) is 9.91 Å². The van der Waals surface area contributed by atoms with Gasteiger partial charge in [0.15, 0.2) is 6.20 Å². The largest absolute Gasteiger partial charge is 0.397 e. The van der Waals surface area contributed by atoms with E-state index in [4.69, 9.17) is 11.0 Å². The van der Waals surface area contributed by atoms with Crippen LogP contribution in [-0.2, 0) is 0 Å². The predicted octanol–water partition coefficient (Wildman–Crippen LogP) is 0.444. The zero-order valence-corrected chi connectivity index (χ0v) is 5.89. The molecule has 0 amide bonds. The molecular formula is C6H4N4O2. The summed E-state index contributed by atoms with van der Waals surface area (Å²) in [6.07, 6.45) is 1.08. The van der Waals surface area contributed by atoms with Gasteiger partial charge in [0.2, 0.25) is 0 Å². The molecule has 6 heteroatoms. The van der Waals surface area contributed by atoms with Gasteiger partial charge in [-0.1, -0.05) is 0 Å². The van der Waals surface area contributed by atoms with Crippen molar-refractivity contribution < 1.29 is 4.92 Å². The molecule has 6 nitrogen and oxygen atoms in total. The molecule has 0 saturated carbocycles. The van der Waals surface area contributed by atoms with Crippen LogP contribution in [0.25, 0.3) is 0 Å². The summed E-state index contributed by atoms with van der Waals surface area (Å²) < 4.78 is 0. The van der Waals surface area contributed by atoms with Crippen LogP contribution >= 0.6 is 0 Å². The highest BCUT2D eigenvalue weighted by Crippen LogP contribution is 2.14. The number of nitrogen functional groups attached to an aromatic ring is 1. The summed E-state index contributed by atoms with van der Waals surface area (Å²) in [5, 5.41) is 18.6. The molecule has 0 aliphatic heterocycles. The topological polar surface area (TPSA) is 106 Å². The van der Waals surface area contributed by atoms with E-state index in [0.717, 1.165) is 12.3 Å². The first-order chi connectivity index (χ1) is 5.65. The van der Waals surface area contributed by atoms with E-state index >= 15 is 0 Å². The highest BCUT2D eigenvalue weighted by atomic mass is 16.6. The first kappa shape index (κ1) is 7.94. The van der Waals surface area contributed by atoms with E-state index in [0.29, 0.717) is 0 Å². The van der Waals surface area contributed by atoms with E-state index in [9.17, 15) is 10.1 Å². The lowest BCUT2D eigenvalue weighted by Crippen LogP contribution is -1.96. The number of pyridine rings is 1. The number of hydrogen-bond donors (Lipinski definition) is 1. The van der Waals surface area contributed by atoms with Crippen LogP contribution in [0.5, 0.6) is 0 Å². The number of nitrogens with two attached hydrogens (primary N) is 1. The third-order valence-electron chi connectivity index (χ3n) is 1.23. The molecule has 0 aliphatic carbocycles. The first-order valence-corrected chi connectivity index (χ1v) is 2.95. The van der Waals surface area contributed by atoms with Crippen LogP contribution in [-0.4, -0.2) is 9.91 Å². The number of aromatic nitrogens is 1. The van der Waals surface area contributed by atoms with E-state index in [2.05, 4.69) is 4.98 Å².